The van der Waals surface area contributed by atoms with Crippen LogP contribution in [-0.4, -0.2) is 40.0 Å². The molecule has 2 saturated carbocycles. The van der Waals surface area contributed by atoms with Gasteiger partial charge in [0.05, 0.1) is 13.3 Å². The molecule has 2 aromatic heterocycles. The molecule has 2 aromatic rings. The van der Waals surface area contributed by atoms with Crippen LogP contribution < -0.4 is 15.4 Å². The van der Waals surface area contributed by atoms with Crippen LogP contribution in [0.1, 0.15) is 65.2 Å². The molecule has 152 valence electrons. The maximum atomic E-state index is 12.8. The number of nitrogens with one attached hydrogen (secondary N) is 2. The molecule has 7 heteroatoms. The summed E-state index contributed by atoms with van der Waals surface area (Å²) in [5, 5.41) is 6.45. The number of methoxy groups -OCH3 is 1. The van der Waals surface area contributed by atoms with Crippen molar-refractivity contribution in [2.45, 2.75) is 56.5 Å². The molecule has 0 aliphatic heterocycles. The van der Waals surface area contributed by atoms with Crippen LogP contribution in [0.3, 0.4) is 0 Å². The number of ether oxygens (including phenoxy) is 1. The van der Waals surface area contributed by atoms with Gasteiger partial charge >= 0.3 is 0 Å². The number of carbonyl (C=O) groups is 2. The van der Waals surface area contributed by atoms with Crippen LogP contribution in [0, 0.1) is 6.92 Å². The Balaban J connectivity index is 1.46. The molecule has 2 amide bonds. The van der Waals surface area contributed by atoms with Gasteiger partial charge in [-0.1, -0.05) is 6.07 Å². The van der Waals surface area contributed by atoms with Gasteiger partial charge in [-0.2, -0.15) is 0 Å². The van der Waals surface area contributed by atoms with Crippen LogP contribution in [0.2, 0.25) is 0 Å². The van der Waals surface area contributed by atoms with Crippen LogP contribution in [0.25, 0.3) is 0 Å². The molecule has 2 aliphatic rings. The number of fused-ring (bicyclic) bond motifs is 2. The van der Waals surface area contributed by atoms with Gasteiger partial charge in [-0.15, -0.1) is 0 Å². The standard InChI is InChI=1S/C22H26N4O3/c1-15-5-3-6-18(24-15)20(28)26-22-10-4-9-21(14-22,11-12-22)25-19(27)17-8-7-16(29-2)13-23-17/h3,5-8,13H,4,9-12,14H2,1-2H3,(H,25,27)(H,26,28)/t21-,22-/m1/s1. The zero-order chi connectivity index (χ0) is 20.5. The predicted octanol–water partition coefficient (Wildman–Crippen LogP) is 2.80. The number of amides is 2. The first-order valence-electron chi connectivity index (χ1n) is 10.0. The van der Waals surface area contributed by atoms with Gasteiger partial charge in [0.1, 0.15) is 17.1 Å². The van der Waals surface area contributed by atoms with E-state index in [-0.39, 0.29) is 22.9 Å². The molecule has 2 bridgehead atoms. The van der Waals surface area contributed by atoms with Crippen molar-refractivity contribution in [3.05, 3.63) is 53.6 Å². The van der Waals surface area contributed by atoms with E-state index in [1.54, 1.807) is 31.5 Å². The quantitative estimate of drug-likeness (QED) is 0.813. The second-order valence-electron chi connectivity index (χ2n) is 8.25. The Morgan fingerprint density at radius 1 is 0.966 bits per heavy atom. The van der Waals surface area contributed by atoms with Crippen LogP contribution >= 0.6 is 0 Å². The summed E-state index contributed by atoms with van der Waals surface area (Å²) in [7, 11) is 1.57. The molecule has 0 spiro atoms. The molecule has 7 nitrogen and oxygen atoms in total. The maximum Gasteiger partial charge on any atom is 0.270 e. The lowest BCUT2D eigenvalue weighted by Crippen LogP contribution is -2.55. The minimum absolute atomic E-state index is 0.144. The van der Waals surface area contributed by atoms with E-state index in [1.807, 2.05) is 19.1 Å². The number of aromatic nitrogens is 2. The zero-order valence-corrected chi connectivity index (χ0v) is 16.8. The summed E-state index contributed by atoms with van der Waals surface area (Å²) < 4.78 is 5.10. The normalized spacial score (nSPS) is 25.3. The van der Waals surface area contributed by atoms with Gasteiger partial charge in [0.15, 0.2) is 0 Å². The lowest BCUT2D eigenvalue weighted by molar-refractivity contribution is 0.0827. The Hall–Kier alpha value is -2.96. The summed E-state index contributed by atoms with van der Waals surface area (Å²) in [6.07, 6.45) is 6.76. The summed E-state index contributed by atoms with van der Waals surface area (Å²) in [5.74, 6) is 0.288. The highest BCUT2D eigenvalue weighted by atomic mass is 16.5. The Labute approximate surface area is 170 Å². The molecule has 2 heterocycles. The molecule has 29 heavy (non-hydrogen) atoms. The smallest absolute Gasteiger partial charge is 0.270 e. The van der Waals surface area contributed by atoms with Crippen LogP contribution in [0.5, 0.6) is 5.75 Å². The Morgan fingerprint density at radius 3 is 2.24 bits per heavy atom. The van der Waals surface area contributed by atoms with Crippen molar-refractivity contribution < 1.29 is 14.3 Å². The first-order chi connectivity index (χ1) is 13.9. The van der Waals surface area contributed by atoms with Gasteiger partial charge in [0.25, 0.3) is 11.8 Å². The minimum Gasteiger partial charge on any atom is -0.495 e. The third-order valence-corrected chi connectivity index (χ3v) is 6.15. The number of carbonyl (C=O) groups excluding carboxylic acids is 2. The lowest BCUT2D eigenvalue weighted by atomic mass is 9.78. The van der Waals surface area contributed by atoms with E-state index in [4.69, 9.17) is 4.74 Å². The first kappa shape index (κ1) is 19.4. The number of pyridine rings is 2. The summed E-state index contributed by atoms with van der Waals surface area (Å²) in [4.78, 5) is 34.1. The zero-order valence-electron chi connectivity index (χ0n) is 16.8. The van der Waals surface area contributed by atoms with Crippen molar-refractivity contribution in [2.24, 2.45) is 0 Å². The molecule has 2 aliphatic carbocycles. The van der Waals surface area contributed by atoms with Crippen molar-refractivity contribution in [1.29, 1.82) is 0 Å². The molecule has 2 fully saturated rings. The molecule has 4 rings (SSSR count). The molecule has 2 atom stereocenters. The summed E-state index contributed by atoms with van der Waals surface area (Å²) in [6.45, 7) is 1.87. The second-order valence-corrected chi connectivity index (χ2v) is 8.25. The van der Waals surface area contributed by atoms with E-state index < -0.39 is 0 Å². The molecule has 0 aromatic carbocycles. The summed E-state index contributed by atoms with van der Waals surface area (Å²) in [5.41, 5.74) is 1.04. The molecular formula is C22H26N4O3. The van der Waals surface area contributed by atoms with E-state index in [9.17, 15) is 9.59 Å². The van der Waals surface area contributed by atoms with E-state index in [0.29, 0.717) is 17.1 Å². The third-order valence-electron chi connectivity index (χ3n) is 6.15. The van der Waals surface area contributed by atoms with Gasteiger partial charge in [-0.3, -0.25) is 9.59 Å². The fourth-order valence-electron chi connectivity index (χ4n) is 4.75. The molecule has 0 radical (unpaired) electrons. The first-order valence-corrected chi connectivity index (χ1v) is 10.0. The monoisotopic (exact) mass is 394 g/mol. The van der Waals surface area contributed by atoms with Crippen molar-refractivity contribution in [1.82, 2.24) is 20.6 Å². The van der Waals surface area contributed by atoms with Crippen molar-refractivity contribution in [3.63, 3.8) is 0 Å². The summed E-state index contributed by atoms with van der Waals surface area (Å²) >= 11 is 0. The van der Waals surface area contributed by atoms with Gasteiger partial charge in [-0.25, -0.2) is 9.97 Å². The highest BCUT2D eigenvalue weighted by Gasteiger charge is 2.52. The SMILES string of the molecule is COc1ccc(C(=O)N[C@]23CCC[C@@](NC(=O)c4cccc(C)n4)(CC2)C3)nc1. The van der Waals surface area contributed by atoms with Crippen molar-refractivity contribution in [2.75, 3.05) is 7.11 Å². The van der Waals surface area contributed by atoms with Crippen LogP contribution in [-0.2, 0) is 0 Å². The topological polar surface area (TPSA) is 93.2 Å². The second kappa shape index (κ2) is 7.46. The molecular weight excluding hydrogens is 368 g/mol. The van der Waals surface area contributed by atoms with E-state index in [1.165, 1.54) is 0 Å². The largest absolute Gasteiger partial charge is 0.495 e. The fraction of sp³-hybridized carbons (Fsp3) is 0.455. The van der Waals surface area contributed by atoms with Crippen LogP contribution in [0.4, 0.5) is 0 Å². The third kappa shape index (κ3) is 3.95. The molecule has 0 saturated heterocycles. The van der Waals surface area contributed by atoms with Gasteiger partial charge < -0.3 is 15.4 Å². The van der Waals surface area contributed by atoms with Crippen molar-refractivity contribution >= 4 is 11.8 Å². The summed E-state index contributed by atoms with van der Waals surface area (Å²) in [6, 6.07) is 8.85. The predicted molar refractivity (Wildman–Crippen MR) is 108 cm³/mol. The Kier molecular flexibility index (Phi) is 4.98. The molecule has 2 N–H and O–H groups in total. The fourth-order valence-corrected chi connectivity index (χ4v) is 4.75. The average molecular weight is 394 g/mol. The van der Waals surface area contributed by atoms with E-state index in [2.05, 4.69) is 20.6 Å². The van der Waals surface area contributed by atoms with Gasteiger partial charge in [-0.05, 0) is 69.7 Å². The van der Waals surface area contributed by atoms with E-state index in [0.717, 1.165) is 44.2 Å². The minimum atomic E-state index is -0.301. The Morgan fingerprint density at radius 2 is 1.66 bits per heavy atom. The highest BCUT2D eigenvalue weighted by Crippen LogP contribution is 2.48. The number of hydrogen-bond acceptors (Lipinski definition) is 5. The number of rotatable bonds is 5. The van der Waals surface area contributed by atoms with Crippen molar-refractivity contribution in [3.8, 4) is 5.75 Å². The Bertz CT molecular complexity index is 930. The van der Waals surface area contributed by atoms with Gasteiger partial charge in [0, 0.05) is 16.8 Å². The molecule has 0 unspecified atom stereocenters. The average Bonchev–Trinajstić information content (AvgIpc) is 2.97. The maximum absolute atomic E-state index is 12.8. The lowest BCUT2D eigenvalue weighted by Gasteiger charge is -2.40. The number of hydrogen-bond donors (Lipinski definition) is 2. The van der Waals surface area contributed by atoms with E-state index >= 15 is 0 Å². The number of aryl methyl sites for hydroxylation is 1. The van der Waals surface area contributed by atoms with Crippen LogP contribution in [0.15, 0.2) is 36.5 Å². The van der Waals surface area contributed by atoms with Gasteiger partial charge in [0.2, 0.25) is 0 Å². The highest BCUT2D eigenvalue weighted by molar-refractivity contribution is 5.94. The number of nitrogens with zero attached hydrogens (tertiary/aromatic N) is 2.